The number of aryl methyl sites for hydroxylation is 1. The molecular formula is C25H25N7O2. The molecule has 9 nitrogen and oxygen atoms in total. The van der Waals surface area contributed by atoms with E-state index in [0.717, 1.165) is 37.2 Å². The zero-order chi connectivity index (χ0) is 23.2. The third-order valence-electron chi connectivity index (χ3n) is 6.84. The highest BCUT2D eigenvalue weighted by Gasteiger charge is 2.37. The molecule has 1 aromatic carbocycles. The monoisotopic (exact) mass is 455 g/mol. The van der Waals surface area contributed by atoms with Gasteiger partial charge < -0.3 is 4.90 Å². The second-order valence-electron chi connectivity index (χ2n) is 9.01. The van der Waals surface area contributed by atoms with Gasteiger partial charge in [-0.1, -0.05) is 30.3 Å². The second kappa shape index (κ2) is 8.18. The Hall–Kier alpha value is -3.85. The third kappa shape index (κ3) is 3.58. The molecule has 0 saturated carbocycles. The number of hydrogen-bond acceptors (Lipinski definition) is 6. The van der Waals surface area contributed by atoms with Crippen LogP contribution in [0.25, 0.3) is 17.0 Å². The van der Waals surface area contributed by atoms with E-state index in [1.165, 1.54) is 10.9 Å². The smallest absolute Gasteiger partial charge is 0.258 e. The lowest BCUT2D eigenvalue weighted by molar-refractivity contribution is 0.0605. The minimum Gasteiger partial charge on any atom is -0.333 e. The molecule has 2 unspecified atom stereocenters. The van der Waals surface area contributed by atoms with Crippen molar-refractivity contribution in [2.24, 2.45) is 7.05 Å². The van der Waals surface area contributed by atoms with E-state index in [9.17, 15) is 9.59 Å². The molecule has 0 N–H and O–H groups in total. The Morgan fingerprint density at radius 1 is 1.09 bits per heavy atom. The molecule has 3 aromatic heterocycles. The van der Waals surface area contributed by atoms with Gasteiger partial charge in [0.25, 0.3) is 5.91 Å². The highest BCUT2D eigenvalue weighted by molar-refractivity contribution is 6.07. The van der Waals surface area contributed by atoms with Crippen LogP contribution in [0.1, 0.15) is 32.8 Å². The number of aromatic nitrogens is 5. The highest BCUT2D eigenvalue weighted by atomic mass is 16.2. The maximum atomic E-state index is 13.4. The molecule has 2 fully saturated rings. The van der Waals surface area contributed by atoms with Crippen LogP contribution < -0.4 is 0 Å². The van der Waals surface area contributed by atoms with Gasteiger partial charge in [0.05, 0.1) is 11.8 Å². The Labute approximate surface area is 196 Å². The van der Waals surface area contributed by atoms with Crippen molar-refractivity contribution in [1.82, 2.24) is 34.2 Å². The number of benzene rings is 1. The first kappa shape index (κ1) is 20.7. The van der Waals surface area contributed by atoms with E-state index < -0.39 is 0 Å². The Kier molecular flexibility index (Phi) is 4.99. The van der Waals surface area contributed by atoms with Crippen molar-refractivity contribution in [3.05, 3.63) is 71.7 Å². The normalized spacial score (nSPS) is 19.6. The highest BCUT2D eigenvalue weighted by Crippen LogP contribution is 2.24. The minimum absolute atomic E-state index is 0.0941. The lowest BCUT2D eigenvalue weighted by Gasteiger charge is -2.34. The number of rotatable bonds is 5. The van der Waals surface area contributed by atoms with Gasteiger partial charge in [-0.2, -0.15) is 5.10 Å². The molecule has 2 aliphatic heterocycles. The molecule has 0 spiro atoms. The van der Waals surface area contributed by atoms with Gasteiger partial charge >= 0.3 is 0 Å². The van der Waals surface area contributed by atoms with E-state index >= 15 is 0 Å². The number of ketones is 1. The van der Waals surface area contributed by atoms with Crippen molar-refractivity contribution >= 4 is 17.3 Å². The summed E-state index contributed by atoms with van der Waals surface area (Å²) in [7, 11) is 1.71. The number of fused-ring (bicyclic) bond motifs is 3. The molecule has 5 heterocycles. The molecule has 0 aliphatic carbocycles. The summed E-state index contributed by atoms with van der Waals surface area (Å²) in [5.74, 6) is 0.402. The number of carbonyl (C=O) groups excluding carboxylic acids is 2. The zero-order valence-corrected chi connectivity index (χ0v) is 19.0. The summed E-state index contributed by atoms with van der Waals surface area (Å²) < 4.78 is 3.22. The summed E-state index contributed by atoms with van der Waals surface area (Å²) in [4.78, 5) is 35.6. The molecule has 2 saturated heterocycles. The van der Waals surface area contributed by atoms with Crippen molar-refractivity contribution in [1.29, 1.82) is 0 Å². The van der Waals surface area contributed by atoms with Crippen molar-refractivity contribution in [3.63, 3.8) is 0 Å². The number of carbonyl (C=O) groups is 2. The van der Waals surface area contributed by atoms with Crippen LogP contribution in [0.3, 0.4) is 0 Å². The quantitative estimate of drug-likeness (QED) is 0.428. The number of nitrogens with zero attached hydrogens (tertiary/aromatic N) is 7. The Morgan fingerprint density at radius 3 is 2.79 bits per heavy atom. The van der Waals surface area contributed by atoms with Gasteiger partial charge in [0.15, 0.2) is 17.3 Å². The average molecular weight is 456 g/mol. The molecule has 1 amide bonds. The summed E-state index contributed by atoms with van der Waals surface area (Å²) in [5.41, 5.74) is 3.17. The van der Waals surface area contributed by atoms with Crippen LogP contribution in [0.2, 0.25) is 0 Å². The number of Topliss-reactive ketones (excluding diaryl/α,β-unsaturated/α-hetero) is 1. The maximum Gasteiger partial charge on any atom is 0.258 e. The molecule has 172 valence electrons. The lowest BCUT2D eigenvalue weighted by atomic mass is 10.0. The molecule has 9 heteroatoms. The topological polar surface area (TPSA) is 88.6 Å². The maximum absolute atomic E-state index is 13.4. The van der Waals surface area contributed by atoms with Gasteiger partial charge in [0, 0.05) is 57.4 Å². The first-order chi connectivity index (χ1) is 16.6. The van der Waals surface area contributed by atoms with E-state index in [0.29, 0.717) is 29.3 Å². The van der Waals surface area contributed by atoms with Crippen molar-refractivity contribution in [2.45, 2.75) is 18.9 Å². The summed E-state index contributed by atoms with van der Waals surface area (Å²) in [5, 5.41) is 8.78. The Balaban J connectivity index is 1.25. The van der Waals surface area contributed by atoms with Crippen LogP contribution in [-0.4, -0.2) is 78.1 Å². The second-order valence-corrected chi connectivity index (χ2v) is 9.01. The first-order valence-electron chi connectivity index (χ1n) is 11.6. The van der Waals surface area contributed by atoms with Crippen molar-refractivity contribution < 1.29 is 9.59 Å². The van der Waals surface area contributed by atoms with E-state index in [4.69, 9.17) is 0 Å². The van der Waals surface area contributed by atoms with Crippen LogP contribution in [0.4, 0.5) is 0 Å². The molecular weight excluding hydrogens is 430 g/mol. The van der Waals surface area contributed by atoms with Crippen molar-refractivity contribution in [3.8, 4) is 11.4 Å². The van der Waals surface area contributed by atoms with E-state index in [1.54, 1.807) is 11.6 Å². The standard InChI is InChI=1S/C25H25N7O2/c1-29-23(20(15-26-29)25(34)31-12-11-30-9-8-19(31)16-30)21(33)13-17-7-10-32-22(14-17)27-24(28-32)18-5-3-2-4-6-18/h2-7,10,14-15,19H,8-9,11-13,16H2,1H3. The predicted molar refractivity (Wildman–Crippen MR) is 126 cm³/mol. The molecule has 2 atom stereocenters. The summed E-state index contributed by atoms with van der Waals surface area (Å²) in [6, 6.07) is 13.7. The summed E-state index contributed by atoms with van der Waals surface area (Å²) >= 11 is 0. The fraction of sp³-hybridized carbons (Fsp3) is 0.320. The number of pyridine rings is 1. The van der Waals surface area contributed by atoms with Gasteiger partial charge in [-0.05, 0) is 24.1 Å². The predicted octanol–water partition coefficient (Wildman–Crippen LogP) is 2.09. The van der Waals surface area contributed by atoms with Crippen LogP contribution in [0.5, 0.6) is 0 Å². The number of piperazine rings is 1. The van der Waals surface area contributed by atoms with Gasteiger partial charge in [-0.3, -0.25) is 19.2 Å². The van der Waals surface area contributed by atoms with E-state index in [2.05, 4.69) is 20.1 Å². The van der Waals surface area contributed by atoms with Gasteiger partial charge in [-0.25, -0.2) is 9.50 Å². The summed E-state index contributed by atoms with van der Waals surface area (Å²) in [6.45, 7) is 3.53. The average Bonchev–Trinajstić information content (AvgIpc) is 3.56. The van der Waals surface area contributed by atoms with Crippen LogP contribution in [0.15, 0.2) is 54.9 Å². The molecule has 2 aliphatic rings. The molecule has 2 bridgehead atoms. The minimum atomic E-state index is -0.138. The summed E-state index contributed by atoms with van der Waals surface area (Å²) in [6.07, 6.45) is 4.48. The van der Waals surface area contributed by atoms with Gasteiger partial charge in [-0.15, -0.1) is 5.10 Å². The number of amides is 1. The fourth-order valence-electron chi connectivity index (χ4n) is 5.06. The van der Waals surface area contributed by atoms with Crippen LogP contribution >= 0.6 is 0 Å². The molecule has 0 radical (unpaired) electrons. The number of hydrogen-bond donors (Lipinski definition) is 0. The Morgan fingerprint density at radius 2 is 1.94 bits per heavy atom. The fourth-order valence-corrected chi connectivity index (χ4v) is 5.06. The third-order valence-corrected chi connectivity index (χ3v) is 6.84. The van der Waals surface area contributed by atoms with E-state index in [-0.39, 0.29) is 24.2 Å². The molecule has 4 aromatic rings. The van der Waals surface area contributed by atoms with Gasteiger partial charge in [0.1, 0.15) is 5.69 Å². The van der Waals surface area contributed by atoms with Crippen molar-refractivity contribution in [2.75, 3.05) is 26.2 Å². The Bertz CT molecular complexity index is 1390. The van der Waals surface area contributed by atoms with Gasteiger partial charge in [0.2, 0.25) is 0 Å². The first-order valence-corrected chi connectivity index (χ1v) is 11.6. The zero-order valence-electron chi connectivity index (χ0n) is 19.0. The molecule has 6 rings (SSSR count). The SMILES string of the molecule is Cn1ncc(C(=O)N2CCN3CCC2C3)c1C(=O)Cc1ccn2nc(-c3ccccc3)nc2c1. The van der Waals surface area contributed by atoms with E-state index in [1.807, 2.05) is 53.6 Å². The largest absolute Gasteiger partial charge is 0.333 e. The van der Waals surface area contributed by atoms with Crippen LogP contribution in [0, 0.1) is 0 Å². The lowest BCUT2D eigenvalue weighted by Crippen LogP contribution is -2.49. The van der Waals surface area contributed by atoms with Crippen LogP contribution in [-0.2, 0) is 13.5 Å². The molecule has 34 heavy (non-hydrogen) atoms.